The Balaban J connectivity index is 3.60. The Kier molecular flexibility index (Phi) is 8.43. The van der Waals surface area contributed by atoms with Crippen LogP contribution in [0, 0.1) is 0 Å². The predicted octanol–water partition coefficient (Wildman–Crippen LogP) is 0.894. The topological polar surface area (TPSA) is 49.3 Å². The van der Waals surface area contributed by atoms with E-state index < -0.39 is 16.9 Å². The number of hydrogen-bond acceptors (Lipinski definition) is 3. The van der Waals surface area contributed by atoms with Crippen molar-refractivity contribution in [3.63, 3.8) is 0 Å². The second-order valence-corrected chi connectivity index (χ2v) is 5.52. The van der Waals surface area contributed by atoms with Crippen molar-refractivity contribution < 1.29 is 9.32 Å². The molecule has 2 N–H and O–H groups in total. The van der Waals surface area contributed by atoms with Gasteiger partial charge in [-0.15, -0.1) is 0 Å². The Labute approximate surface area is 89.7 Å². The largest absolute Gasteiger partial charge is 0.391 e. The summed E-state index contributed by atoms with van der Waals surface area (Å²) in [5.41, 5.74) is 0. The molecule has 0 aliphatic carbocycles. The van der Waals surface area contributed by atoms with Gasteiger partial charge in [0.05, 0.1) is 11.9 Å². The molecular weight excluding hydrogens is 198 g/mol. The van der Waals surface area contributed by atoms with Crippen molar-refractivity contribution in [1.82, 2.24) is 5.32 Å². The fourth-order valence-corrected chi connectivity index (χ4v) is 2.24. The van der Waals surface area contributed by atoms with E-state index in [0.717, 1.165) is 19.4 Å². The molecule has 14 heavy (non-hydrogen) atoms. The second kappa shape index (κ2) is 8.38. The van der Waals surface area contributed by atoms with Crippen molar-refractivity contribution in [1.29, 1.82) is 0 Å². The predicted molar refractivity (Wildman–Crippen MR) is 61.9 cm³/mol. The van der Waals surface area contributed by atoms with Crippen LogP contribution in [-0.2, 0) is 10.8 Å². The number of hydrogen-bond donors (Lipinski definition) is 2. The van der Waals surface area contributed by atoms with Gasteiger partial charge in [0.15, 0.2) is 0 Å². The molecule has 4 heteroatoms. The van der Waals surface area contributed by atoms with Crippen LogP contribution in [0.15, 0.2) is 0 Å². The first-order chi connectivity index (χ1) is 6.61. The second-order valence-electron chi connectivity index (χ2n) is 3.62. The molecule has 0 rings (SSSR count). The van der Waals surface area contributed by atoms with E-state index >= 15 is 0 Å². The molecule has 0 spiro atoms. The molecule has 0 radical (unpaired) electrons. The zero-order valence-corrected chi connectivity index (χ0v) is 10.3. The number of rotatable bonds is 8. The van der Waals surface area contributed by atoms with Crippen molar-refractivity contribution in [2.24, 2.45) is 0 Å². The lowest BCUT2D eigenvalue weighted by Gasteiger charge is -2.14. The van der Waals surface area contributed by atoms with Gasteiger partial charge in [0.1, 0.15) is 0 Å². The quantitative estimate of drug-likeness (QED) is 0.599. The molecule has 3 unspecified atom stereocenters. The van der Waals surface area contributed by atoms with Crippen molar-refractivity contribution >= 4 is 10.8 Å². The smallest absolute Gasteiger partial charge is 0.0779 e. The minimum atomic E-state index is -0.890. The highest BCUT2D eigenvalue weighted by atomic mass is 32.2. The molecule has 0 aromatic carbocycles. The number of nitrogens with one attached hydrogen (secondary N) is 1. The van der Waals surface area contributed by atoms with Gasteiger partial charge in [-0.3, -0.25) is 4.21 Å². The average molecular weight is 221 g/mol. The van der Waals surface area contributed by atoms with Crippen molar-refractivity contribution in [2.75, 3.05) is 18.8 Å². The molecule has 0 amide bonds. The molecule has 3 nitrogen and oxygen atoms in total. The minimum Gasteiger partial charge on any atom is -0.391 e. The summed E-state index contributed by atoms with van der Waals surface area (Å²) < 4.78 is 11.5. The Morgan fingerprint density at radius 3 is 2.57 bits per heavy atom. The summed E-state index contributed by atoms with van der Waals surface area (Å²) in [6, 6.07) is 0. The summed E-state index contributed by atoms with van der Waals surface area (Å²) in [6.45, 7) is 7.52. The Bertz CT molecular complexity index is 164. The molecule has 0 fully saturated rings. The van der Waals surface area contributed by atoms with Crippen LogP contribution in [0.2, 0.25) is 0 Å². The summed E-state index contributed by atoms with van der Waals surface area (Å²) in [5, 5.41) is 12.8. The van der Waals surface area contributed by atoms with Crippen LogP contribution < -0.4 is 5.32 Å². The Morgan fingerprint density at radius 2 is 2.07 bits per heavy atom. The van der Waals surface area contributed by atoms with Gasteiger partial charge in [-0.25, -0.2) is 0 Å². The molecule has 0 aliphatic heterocycles. The fraction of sp³-hybridized carbons (Fsp3) is 1.00. The Hall–Kier alpha value is 0.0700. The molecule has 0 aliphatic rings. The summed E-state index contributed by atoms with van der Waals surface area (Å²) in [6.07, 6.45) is 1.49. The lowest BCUT2D eigenvalue weighted by atomic mass is 10.4. The SMILES string of the molecule is CCCNCC(O)CS(=O)C(C)CC. The summed E-state index contributed by atoms with van der Waals surface area (Å²) in [4.78, 5) is 0. The van der Waals surface area contributed by atoms with Gasteiger partial charge in [0.2, 0.25) is 0 Å². The normalized spacial score (nSPS) is 17.7. The summed E-state index contributed by atoms with van der Waals surface area (Å²) in [7, 11) is -0.890. The van der Waals surface area contributed by atoms with E-state index in [2.05, 4.69) is 12.2 Å². The van der Waals surface area contributed by atoms with Crippen molar-refractivity contribution in [3.05, 3.63) is 0 Å². The maximum atomic E-state index is 11.5. The highest BCUT2D eigenvalue weighted by Crippen LogP contribution is 2.02. The zero-order valence-electron chi connectivity index (χ0n) is 9.45. The Morgan fingerprint density at radius 1 is 1.43 bits per heavy atom. The lowest BCUT2D eigenvalue weighted by Crippen LogP contribution is -2.33. The third-order valence-electron chi connectivity index (χ3n) is 2.19. The third-order valence-corrected chi connectivity index (χ3v) is 4.13. The van der Waals surface area contributed by atoms with Crippen LogP contribution in [0.5, 0.6) is 0 Å². The van der Waals surface area contributed by atoms with Gasteiger partial charge >= 0.3 is 0 Å². The molecule has 0 aromatic rings. The van der Waals surface area contributed by atoms with Gasteiger partial charge in [-0.2, -0.15) is 0 Å². The molecule has 0 saturated carbocycles. The van der Waals surface area contributed by atoms with Crippen LogP contribution in [0.25, 0.3) is 0 Å². The van der Waals surface area contributed by atoms with Gasteiger partial charge in [-0.1, -0.05) is 20.8 Å². The first kappa shape index (κ1) is 14.1. The van der Waals surface area contributed by atoms with Gasteiger partial charge in [-0.05, 0) is 19.4 Å². The maximum absolute atomic E-state index is 11.5. The molecular formula is C10H23NO2S. The van der Waals surface area contributed by atoms with Gasteiger partial charge in [0.25, 0.3) is 0 Å². The van der Waals surface area contributed by atoms with E-state index in [-0.39, 0.29) is 5.25 Å². The summed E-state index contributed by atoms with van der Waals surface area (Å²) >= 11 is 0. The van der Waals surface area contributed by atoms with E-state index in [1.165, 1.54) is 0 Å². The highest BCUT2D eigenvalue weighted by Gasteiger charge is 2.13. The van der Waals surface area contributed by atoms with Crippen molar-refractivity contribution in [2.45, 2.75) is 45.0 Å². The van der Waals surface area contributed by atoms with Crippen LogP contribution >= 0.6 is 0 Å². The van der Waals surface area contributed by atoms with E-state index in [9.17, 15) is 9.32 Å². The van der Waals surface area contributed by atoms with E-state index in [4.69, 9.17) is 0 Å². The molecule has 0 heterocycles. The van der Waals surface area contributed by atoms with E-state index in [1.807, 2.05) is 13.8 Å². The first-order valence-corrected chi connectivity index (χ1v) is 6.75. The molecule has 0 saturated heterocycles. The zero-order chi connectivity index (χ0) is 11.0. The fourth-order valence-electron chi connectivity index (χ4n) is 1.04. The third kappa shape index (κ3) is 6.51. The van der Waals surface area contributed by atoms with Crippen molar-refractivity contribution in [3.8, 4) is 0 Å². The molecule has 86 valence electrons. The van der Waals surface area contributed by atoms with Crippen LogP contribution in [0.1, 0.15) is 33.6 Å². The molecule has 0 aromatic heterocycles. The molecule has 3 atom stereocenters. The average Bonchev–Trinajstić information content (AvgIpc) is 2.16. The van der Waals surface area contributed by atoms with Crippen LogP contribution in [0.4, 0.5) is 0 Å². The standard InChI is InChI=1S/C10H23NO2S/c1-4-6-11-7-10(12)8-14(13)9(3)5-2/h9-12H,4-8H2,1-3H3. The monoisotopic (exact) mass is 221 g/mol. The van der Waals surface area contributed by atoms with E-state index in [1.54, 1.807) is 0 Å². The van der Waals surface area contributed by atoms with Crippen LogP contribution in [0.3, 0.4) is 0 Å². The number of aliphatic hydroxyl groups excluding tert-OH is 1. The van der Waals surface area contributed by atoms with Crippen LogP contribution in [-0.4, -0.2) is 39.5 Å². The molecule has 0 bridgehead atoms. The minimum absolute atomic E-state index is 0.191. The van der Waals surface area contributed by atoms with E-state index in [0.29, 0.717) is 12.3 Å². The lowest BCUT2D eigenvalue weighted by molar-refractivity contribution is 0.195. The maximum Gasteiger partial charge on any atom is 0.0779 e. The highest BCUT2D eigenvalue weighted by molar-refractivity contribution is 7.85. The number of aliphatic hydroxyl groups is 1. The first-order valence-electron chi connectivity index (χ1n) is 5.37. The summed E-state index contributed by atoms with van der Waals surface area (Å²) in [5.74, 6) is 0.395. The van der Waals surface area contributed by atoms with Gasteiger partial charge in [0, 0.05) is 22.6 Å². The van der Waals surface area contributed by atoms with Gasteiger partial charge < -0.3 is 10.4 Å².